The second-order valence-electron chi connectivity index (χ2n) is 8.26. The Morgan fingerprint density at radius 1 is 1.29 bits per heavy atom. The number of ether oxygens (including phenoxy) is 4. The van der Waals surface area contributed by atoms with Gasteiger partial charge >= 0.3 is 0 Å². The van der Waals surface area contributed by atoms with Gasteiger partial charge in [0, 0.05) is 36.8 Å². The molecule has 1 aromatic carbocycles. The highest BCUT2D eigenvalue weighted by Crippen LogP contribution is 2.42. The number of methoxy groups -OCH3 is 1. The quantitative estimate of drug-likeness (QED) is 0.431. The van der Waals surface area contributed by atoms with Crippen LogP contribution in [-0.2, 0) is 15.9 Å². The fraction of sp³-hybridized carbons (Fsp3) is 0.360. The Bertz CT molecular complexity index is 1210. The minimum Gasteiger partial charge on any atom is -0.493 e. The summed E-state index contributed by atoms with van der Waals surface area (Å²) in [4.78, 5) is 20.6. The van der Waals surface area contributed by atoms with Crippen molar-refractivity contribution in [3.8, 4) is 22.8 Å². The second-order valence-corrected chi connectivity index (χ2v) is 8.66. The maximum absolute atomic E-state index is 12.9. The maximum Gasteiger partial charge on any atom is 0.255 e. The monoisotopic (exact) mass is 498 g/mol. The predicted molar refractivity (Wildman–Crippen MR) is 132 cm³/mol. The number of hydrogen-bond acceptors (Lipinski definition) is 7. The number of rotatable bonds is 8. The van der Waals surface area contributed by atoms with E-state index in [0.717, 1.165) is 17.0 Å². The molecule has 35 heavy (non-hydrogen) atoms. The zero-order chi connectivity index (χ0) is 24.2. The number of anilines is 2. The Labute approximate surface area is 208 Å². The van der Waals surface area contributed by atoms with Crippen LogP contribution in [0.4, 0.5) is 11.4 Å². The van der Waals surface area contributed by atoms with Crippen LogP contribution in [0.1, 0.15) is 22.5 Å². The van der Waals surface area contributed by atoms with Crippen molar-refractivity contribution < 1.29 is 23.7 Å². The van der Waals surface area contributed by atoms with Crippen LogP contribution in [-0.4, -0.2) is 62.1 Å². The summed E-state index contributed by atoms with van der Waals surface area (Å²) in [6.45, 7) is 2.80. The Morgan fingerprint density at radius 2 is 2.20 bits per heavy atom. The third kappa shape index (κ3) is 4.93. The van der Waals surface area contributed by atoms with Gasteiger partial charge in [-0.1, -0.05) is 17.7 Å². The summed E-state index contributed by atoms with van der Waals surface area (Å²) in [5.74, 6) is 0.944. The number of pyridine rings is 1. The normalized spacial score (nSPS) is 17.4. The highest BCUT2D eigenvalue weighted by atomic mass is 35.5. The first-order valence-corrected chi connectivity index (χ1v) is 11.9. The molecule has 0 spiro atoms. The van der Waals surface area contributed by atoms with Crippen molar-refractivity contribution in [1.29, 1.82) is 0 Å². The summed E-state index contributed by atoms with van der Waals surface area (Å²) in [5, 5.41) is 6.79. The molecule has 5 rings (SSSR count). The maximum atomic E-state index is 12.9. The van der Waals surface area contributed by atoms with Crippen molar-refractivity contribution in [3.63, 3.8) is 0 Å². The van der Waals surface area contributed by atoms with Crippen LogP contribution in [0, 0.1) is 0 Å². The summed E-state index contributed by atoms with van der Waals surface area (Å²) in [7, 11) is 1.56. The lowest BCUT2D eigenvalue weighted by Gasteiger charge is -2.23. The molecule has 0 unspecified atom stereocenters. The van der Waals surface area contributed by atoms with E-state index in [0.29, 0.717) is 79.3 Å². The van der Waals surface area contributed by atoms with Crippen LogP contribution in [0.15, 0.2) is 36.7 Å². The molecule has 2 aliphatic rings. The molecule has 0 radical (unpaired) electrons. The number of carbonyl (C=O) groups is 1. The first-order chi connectivity index (χ1) is 17.2. The summed E-state index contributed by atoms with van der Waals surface area (Å²) in [5.41, 5.74) is 4.19. The minimum absolute atomic E-state index is 0.0119. The molecule has 0 saturated carbocycles. The van der Waals surface area contributed by atoms with E-state index in [1.54, 1.807) is 25.6 Å². The Balaban J connectivity index is 1.50. The zero-order valence-electron chi connectivity index (χ0n) is 19.4. The van der Waals surface area contributed by atoms with Crippen LogP contribution in [0.2, 0.25) is 5.02 Å². The lowest BCUT2D eigenvalue weighted by atomic mass is 10.0. The Hall–Kier alpha value is -3.27. The van der Waals surface area contributed by atoms with E-state index in [1.165, 1.54) is 0 Å². The highest BCUT2D eigenvalue weighted by molar-refractivity contribution is 6.32. The molecule has 1 fully saturated rings. The standard InChI is InChI=1S/C25H27ClN4O5/c1-32-24-17(26)3-2-4-19(24)30-23-21-18(6-9-28-25(21)31)29-22(23)16-5-8-27-13-20(16)35-10-7-15-14-33-11-12-34-15/h2-5,8,13,15,29-30H,6-7,9-12,14H2,1H3,(H,28,31)/t15-/m1/s1. The zero-order valence-corrected chi connectivity index (χ0v) is 20.1. The number of aromatic amines is 1. The van der Waals surface area contributed by atoms with Crippen molar-refractivity contribution in [2.75, 3.05) is 45.4 Å². The number of nitrogens with one attached hydrogen (secondary N) is 3. The van der Waals surface area contributed by atoms with Crippen LogP contribution in [0.25, 0.3) is 11.3 Å². The summed E-state index contributed by atoms with van der Waals surface area (Å²) in [6, 6.07) is 7.29. The molecule has 184 valence electrons. The van der Waals surface area contributed by atoms with Crippen molar-refractivity contribution in [2.24, 2.45) is 0 Å². The molecule has 2 aliphatic heterocycles. The van der Waals surface area contributed by atoms with Gasteiger partial charge in [-0.25, -0.2) is 0 Å². The van der Waals surface area contributed by atoms with Gasteiger partial charge in [0.1, 0.15) is 5.75 Å². The average Bonchev–Trinajstić information content (AvgIpc) is 3.24. The van der Waals surface area contributed by atoms with E-state index < -0.39 is 0 Å². The highest BCUT2D eigenvalue weighted by Gasteiger charge is 2.29. The predicted octanol–water partition coefficient (Wildman–Crippen LogP) is 3.95. The summed E-state index contributed by atoms with van der Waals surface area (Å²) < 4.78 is 22.8. The fourth-order valence-electron chi connectivity index (χ4n) is 4.36. The van der Waals surface area contributed by atoms with Gasteiger partial charge in [-0.15, -0.1) is 0 Å². The SMILES string of the molecule is COc1c(Cl)cccc1Nc1c(-c2ccncc2OCC[C@@H]2COCCO2)[nH]c2c1C(=O)NCC2. The molecule has 9 nitrogen and oxygen atoms in total. The molecule has 2 aromatic heterocycles. The number of aromatic nitrogens is 2. The van der Waals surface area contributed by atoms with Crippen LogP contribution >= 0.6 is 11.6 Å². The van der Waals surface area contributed by atoms with Gasteiger partial charge in [0.25, 0.3) is 5.91 Å². The van der Waals surface area contributed by atoms with Crippen molar-refractivity contribution in [3.05, 3.63) is 52.9 Å². The molecule has 1 amide bonds. The minimum atomic E-state index is -0.150. The van der Waals surface area contributed by atoms with Gasteiger partial charge in [0.15, 0.2) is 5.75 Å². The molecule has 1 saturated heterocycles. The van der Waals surface area contributed by atoms with Crippen LogP contribution in [0.3, 0.4) is 0 Å². The number of carbonyl (C=O) groups excluding carboxylic acids is 1. The van der Waals surface area contributed by atoms with Crippen molar-refractivity contribution in [2.45, 2.75) is 18.9 Å². The van der Waals surface area contributed by atoms with Gasteiger partial charge in [-0.3, -0.25) is 9.78 Å². The Kier molecular flexibility index (Phi) is 7.08. The van der Waals surface area contributed by atoms with Crippen LogP contribution in [0.5, 0.6) is 11.5 Å². The third-order valence-electron chi connectivity index (χ3n) is 6.03. The topological polar surface area (TPSA) is 107 Å². The molecule has 3 N–H and O–H groups in total. The van der Waals surface area contributed by atoms with E-state index in [2.05, 4.69) is 20.6 Å². The largest absolute Gasteiger partial charge is 0.493 e. The fourth-order valence-corrected chi connectivity index (χ4v) is 4.61. The number of H-pyrrole nitrogens is 1. The molecule has 0 bridgehead atoms. The number of para-hydroxylation sites is 1. The molecule has 3 aromatic rings. The van der Waals surface area contributed by atoms with Gasteiger partial charge in [0.2, 0.25) is 0 Å². The Morgan fingerprint density at radius 3 is 3.03 bits per heavy atom. The van der Waals surface area contributed by atoms with E-state index in [1.807, 2.05) is 18.2 Å². The lowest BCUT2D eigenvalue weighted by Crippen LogP contribution is -2.31. The van der Waals surface area contributed by atoms with Crippen molar-refractivity contribution in [1.82, 2.24) is 15.3 Å². The molecular formula is C25H27ClN4O5. The van der Waals surface area contributed by atoms with Gasteiger partial charge < -0.3 is 34.6 Å². The molecule has 4 heterocycles. The van der Waals surface area contributed by atoms with E-state index in [-0.39, 0.29) is 12.0 Å². The molecule has 0 aliphatic carbocycles. The van der Waals surface area contributed by atoms with Crippen LogP contribution < -0.4 is 20.1 Å². The van der Waals surface area contributed by atoms with Gasteiger partial charge in [-0.2, -0.15) is 0 Å². The first-order valence-electron chi connectivity index (χ1n) is 11.5. The van der Waals surface area contributed by atoms with E-state index in [9.17, 15) is 4.79 Å². The van der Waals surface area contributed by atoms with E-state index in [4.69, 9.17) is 30.5 Å². The molecular weight excluding hydrogens is 472 g/mol. The smallest absolute Gasteiger partial charge is 0.255 e. The number of halogens is 1. The number of fused-ring (bicyclic) bond motifs is 1. The van der Waals surface area contributed by atoms with Gasteiger partial charge in [-0.05, 0) is 18.2 Å². The summed E-state index contributed by atoms with van der Waals surface area (Å²) >= 11 is 6.35. The second kappa shape index (κ2) is 10.6. The number of nitrogens with zero attached hydrogens (tertiary/aromatic N) is 1. The number of amides is 1. The third-order valence-corrected chi connectivity index (χ3v) is 6.33. The van der Waals surface area contributed by atoms with E-state index >= 15 is 0 Å². The van der Waals surface area contributed by atoms with Crippen molar-refractivity contribution >= 4 is 28.9 Å². The molecule has 1 atom stereocenters. The first kappa shape index (κ1) is 23.5. The lowest BCUT2D eigenvalue weighted by molar-refractivity contribution is -0.0935. The molecule has 10 heteroatoms. The average molecular weight is 499 g/mol. The number of benzene rings is 1. The summed E-state index contributed by atoms with van der Waals surface area (Å²) in [6.07, 6.45) is 4.77. The number of hydrogen-bond donors (Lipinski definition) is 3. The van der Waals surface area contributed by atoms with Gasteiger partial charge in [0.05, 0.1) is 73.5 Å².